The minimum Gasteiger partial charge on any atom is -0.473 e. The van der Waals surface area contributed by atoms with Crippen molar-refractivity contribution < 1.29 is 9.53 Å². The van der Waals surface area contributed by atoms with E-state index in [1.54, 1.807) is 0 Å². The normalized spacial score (nSPS) is 10.0. The number of nitrogens with one attached hydrogen (secondary N) is 2. The van der Waals surface area contributed by atoms with E-state index in [1.807, 2.05) is 63.2 Å². The summed E-state index contributed by atoms with van der Waals surface area (Å²) in [6, 6.07) is 13.2. The number of hydrogen-bond acceptors (Lipinski definition) is 2. The first-order valence-corrected chi connectivity index (χ1v) is 6.87. The van der Waals surface area contributed by atoms with Gasteiger partial charge < -0.3 is 15.4 Å². The zero-order valence-corrected chi connectivity index (χ0v) is 12.6. The van der Waals surface area contributed by atoms with E-state index in [1.165, 1.54) is 0 Å². The molecule has 0 aliphatic carbocycles. The lowest BCUT2D eigenvalue weighted by Crippen LogP contribution is -2.32. The molecule has 0 aromatic heterocycles. The minimum atomic E-state index is -0.286. The van der Waals surface area contributed by atoms with E-state index in [9.17, 15) is 4.79 Å². The van der Waals surface area contributed by atoms with E-state index in [-0.39, 0.29) is 12.8 Å². The molecule has 2 N–H and O–H groups in total. The fraction of sp³-hybridized carbons (Fsp3) is 0.235. The third-order valence-corrected chi connectivity index (χ3v) is 3.29. The number of carbonyl (C=O) groups excluding carboxylic acids is 1. The van der Waals surface area contributed by atoms with E-state index in [2.05, 4.69) is 10.6 Å². The Morgan fingerprint density at radius 1 is 1.10 bits per heavy atom. The lowest BCUT2D eigenvalue weighted by atomic mass is 10.1. The van der Waals surface area contributed by atoms with E-state index < -0.39 is 0 Å². The van der Waals surface area contributed by atoms with Crippen LogP contribution in [0.2, 0.25) is 0 Å². The molecule has 0 saturated heterocycles. The van der Waals surface area contributed by atoms with Gasteiger partial charge >= 0.3 is 6.03 Å². The highest BCUT2D eigenvalue weighted by Crippen LogP contribution is 2.20. The van der Waals surface area contributed by atoms with E-state index in [4.69, 9.17) is 4.74 Å². The number of ether oxygens (including phenoxy) is 1. The Kier molecular flexibility index (Phi) is 4.82. The molecular formula is C17H20N2O2. The highest BCUT2D eigenvalue weighted by Gasteiger charge is 2.04. The molecule has 0 aliphatic heterocycles. The molecule has 0 radical (unpaired) electrons. The molecule has 0 unspecified atom stereocenters. The second kappa shape index (κ2) is 6.79. The summed E-state index contributed by atoms with van der Waals surface area (Å²) in [5, 5.41) is 5.44. The van der Waals surface area contributed by atoms with Gasteiger partial charge in [-0.2, -0.15) is 0 Å². The van der Waals surface area contributed by atoms with Gasteiger partial charge in [-0.3, -0.25) is 0 Å². The Morgan fingerprint density at radius 2 is 1.86 bits per heavy atom. The average molecular weight is 284 g/mol. The van der Waals surface area contributed by atoms with Crippen molar-refractivity contribution >= 4 is 11.7 Å². The maximum absolute atomic E-state index is 11.8. The van der Waals surface area contributed by atoms with Crippen LogP contribution in [0.15, 0.2) is 42.5 Å². The van der Waals surface area contributed by atoms with Crippen LogP contribution in [0.5, 0.6) is 5.75 Å². The van der Waals surface area contributed by atoms with Gasteiger partial charge in [-0.05, 0) is 55.7 Å². The molecule has 2 rings (SSSR count). The molecule has 21 heavy (non-hydrogen) atoms. The Balaban J connectivity index is 1.83. The quantitative estimate of drug-likeness (QED) is 0.840. The van der Waals surface area contributed by atoms with Gasteiger partial charge in [0.15, 0.2) is 6.73 Å². The van der Waals surface area contributed by atoms with Crippen LogP contribution in [-0.4, -0.2) is 12.8 Å². The monoisotopic (exact) mass is 284 g/mol. The van der Waals surface area contributed by atoms with Crippen molar-refractivity contribution in [2.45, 2.75) is 20.8 Å². The van der Waals surface area contributed by atoms with Crippen molar-refractivity contribution in [3.05, 3.63) is 59.2 Å². The third kappa shape index (κ3) is 4.24. The molecule has 0 atom stereocenters. The van der Waals surface area contributed by atoms with Crippen LogP contribution in [-0.2, 0) is 0 Å². The summed E-state index contributed by atoms with van der Waals surface area (Å²) in [6.45, 7) is 6.13. The van der Waals surface area contributed by atoms with E-state index in [0.29, 0.717) is 0 Å². The van der Waals surface area contributed by atoms with Crippen molar-refractivity contribution in [3.63, 3.8) is 0 Å². The fourth-order valence-electron chi connectivity index (χ4n) is 1.96. The van der Waals surface area contributed by atoms with Crippen LogP contribution in [0.1, 0.15) is 16.7 Å². The van der Waals surface area contributed by atoms with Crippen molar-refractivity contribution in [1.82, 2.24) is 5.32 Å². The second-order valence-electron chi connectivity index (χ2n) is 4.99. The van der Waals surface area contributed by atoms with Gasteiger partial charge in [0.1, 0.15) is 5.75 Å². The van der Waals surface area contributed by atoms with Crippen LogP contribution < -0.4 is 15.4 Å². The summed E-state index contributed by atoms with van der Waals surface area (Å²) >= 11 is 0. The number of benzene rings is 2. The van der Waals surface area contributed by atoms with Gasteiger partial charge in [0, 0.05) is 5.69 Å². The van der Waals surface area contributed by atoms with Crippen LogP contribution in [0, 0.1) is 20.8 Å². The lowest BCUT2D eigenvalue weighted by Gasteiger charge is -2.12. The molecule has 0 heterocycles. The van der Waals surface area contributed by atoms with E-state index in [0.717, 1.165) is 28.1 Å². The van der Waals surface area contributed by atoms with Crippen molar-refractivity contribution in [1.29, 1.82) is 0 Å². The highest BCUT2D eigenvalue weighted by atomic mass is 16.5. The second-order valence-corrected chi connectivity index (χ2v) is 4.99. The maximum Gasteiger partial charge on any atom is 0.321 e. The number of amides is 2. The SMILES string of the molecule is Cc1cccc(NC(=O)NCOc2cccc(C)c2C)c1. The number of anilines is 1. The number of carbonyl (C=O) groups is 1. The smallest absolute Gasteiger partial charge is 0.321 e. The number of rotatable bonds is 4. The third-order valence-electron chi connectivity index (χ3n) is 3.29. The molecule has 2 amide bonds. The van der Waals surface area contributed by atoms with Crippen LogP contribution >= 0.6 is 0 Å². The molecule has 0 saturated carbocycles. The topological polar surface area (TPSA) is 50.4 Å². The Hall–Kier alpha value is -2.49. The summed E-state index contributed by atoms with van der Waals surface area (Å²) in [5.74, 6) is 0.783. The van der Waals surface area contributed by atoms with Crippen LogP contribution in [0.3, 0.4) is 0 Å². The standard InChI is InChI=1S/C17H20N2O2/c1-12-6-4-8-15(10-12)19-17(20)18-11-21-16-9-5-7-13(2)14(16)3/h4-10H,11H2,1-3H3,(H2,18,19,20). The number of aryl methyl sites for hydroxylation is 2. The van der Waals surface area contributed by atoms with Crippen molar-refractivity contribution in [2.24, 2.45) is 0 Å². The number of urea groups is 1. The van der Waals surface area contributed by atoms with Crippen LogP contribution in [0.4, 0.5) is 10.5 Å². The van der Waals surface area contributed by atoms with Crippen molar-refractivity contribution in [2.75, 3.05) is 12.0 Å². The first-order chi connectivity index (χ1) is 10.1. The minimum absolute atomic E-state index is 0.127. The number of hydrogen-bond donors (Lipinski definition) is 2. The zero-order chi connectivity index (χ0) is 15.2. The van der Waals surface area contributed by atoms with Gasteiger partial charge in [0.25, 0.3) is 0 Å². The molecule has 0 aliphatic rings. The predicted octanol–water partition coefficient (Wildman–Crippen LogP) is 3.77. The Bertz CT molecular complexity index is 638. The molecule has 110 valence electrons. The summed E-state index contributed by atoms with van der Waals surface area (Å²) in [4.78, 5) is 11.8. The molecule has 2 aromatic rings. The van der Waals surface area contributed by atoms with Crippen molar-refractivity contribution in [3.8, 4) is 5.75 Å². The van der Waals surface area contributed by atoms with Gasteiger partial charge in [-0.25, -0.2) is 4.79 Å². The van der Waals surface area contributed by atoms with Gasteiger partial charge in [-0.1, -0.05) is 24.3 Å². The highest BCUT2D eigenvalue weighted by molar-refractivity contribution is 5.89. The molecule has 2 aromatic carbocycles. The predicted molar refractivity (Wildman–Crippen MR) is 84.7 cm³/mol. The first-order valence-electron chi connectivity index (χ1n) is 6.87. The molecular weight excluding hydrogens is 264 g/mol. The maximum atomic E-state index is 11.8. The van der Waals surface area contributed by atoms with Gasteiger partial charge in [0.05, 0.1) is 0 Å². The zero-order valence-electron chi connectivity index (χ0n) is 12.6. The fourth-order valence-corrected chi connectivity index (χ4v) is 1.96. The first kappa shape index (κ1) is 14.9. The summed E-state index contributed by atoms with van der Waals surface area (Å²) in [7, 11) is 0. The summed E-state index contributed by atoms with van der Waals surface area (Å²) in [5.41, 5.74) is 4.11. The largest absolute Gasteiger partial charge is 0.473 e. The average Bonchev–Trinajstić information content (AvgIpc) is 2.43. The van der Waals surface area contributed by atoms with Gasteiger partial charge in [-0.15, -0.1) is 0 Å². The van der Waals surface area contributed by atoms with Gasteiger partial charge in [0.2, 0.25) is 0 Å². The molecule has 4 heteroatoms. The molecule has 0 bridgehead atoms. The lowest BCUT2D eigenvalue weighted by molar-refractivity contribution is 0.234. The van der Waals surface area contributed by atoms with Crippen LogP contribution in [0.25, 0.3) is 0 Å². The Labute approximate surface area is 125 Å². The molecule has 0 spiro atoms. The summed E-state index contributed by atoms with van der Waals surface area (Å²) < 4.78 is 5.58. The summed E-state index contributed by atoms with van der Waals surface area (Å²) in [6.07, 6.45) is 0. The molecule has 4 nitrogen and oxygen atoms in total. The Morgan fingerprint density at radius 3 is 2.62 bits per heavy atom. The van der Waals surface area contributed by atoms with E-state index >= 15 is 0 Å². The molecule has 0 fully saturated rings.